The molecule has 1 heterocycles. The van der Waals surface area contributed by atoms with Crippen molar-refractivity contribution in [2.24, 2.45) is 5.73 Å². The van der Waals surface area contributed by atoms with Crippen molar-refractivity contribution in [3.63, 3.8) is 0 Å². The highest BCUT2D eigenvalue weighted by Crippen LogP contribution is 2.31. The fraction of sp³-hybridized carbons (Fsp3) is 0.467. The Bertz CT molecular complexity index is 579. The summed E-state index contributed by atoms with van der Waals surface area (Å²) in [5, 5.41) is 11.1. The van der Waals surface area contributed by atoms with E-state index in [9.17, 15) is 14.0 Å². The van der Waals surface area contributed by atoms with Gasteiger partial charge in [-0.05, 0) is 50.2 Å². The second kappa shape index (κ2) is 6.85. The lowest BCUT2D eigenvalue weighted by Crippen LogP contribution is -2.42. The van der Waals surface area contributed by atoms with Crippen LogP contribution in [0.25, 0.3) is 0 Å². The van der Waals surface area contributed by atoms with Crippen molar-refractivity contribution in [2.75, 3.05) is 20.1 Å². The van der Waals surface area contributed by atoms with Gasteiger partial charge in [-0.25, -0.2) is 4.39 Å². The van der Waals surface area contributed by atoms with Crippen molar-refractivity contribution in [1.82, 2.24) is 10.2 Å². The second-order valence-electron chi connectivity index (χ2n) is 5.57. The minimum Gasteiger partial charge on any atom is -0.480 e. The summed E-state index contributed by atoms with van der Waals surface area (Å²) in [4.78, 5) is 24.8. The molecule has 0 bridgehead atoms. The zero-order chi connectivity index (χ0) is 16.3. The van der Waals surface area contributed by atoms with Gasteiger partial charge < -0.3 is 16.2 Å². The highest BCUT2D eigenvalue weighted by molar-refractivity contribution is 5.94. The lowest BCUT2D eigenvalue weighted by Gasteiger charge is -2.20. The average Bonchev–Trinajstić information content (AvgIpc) is 2.89. The van der Waals surface area contributed by atoms with Crippen molar-refractivity contribution in [1.29, 1.82) is 0 Å². The van der Waals surface area contributed by atoms with E-state index in [1.165, 1.54) is 6.07 Å². The summed E-state index contributed by atoms with van der Waals surface area (Å²) < 4.78 is 13.8. The molecule has 0 spiro atoms. The number of benzene rings is 1. The Kier molecular flexibility index (Phi) is 5.10. The van der Waals surface area contributed by atoms with Crippen LogP contribution >= 0.6 is 0 Å². The van der Waals surface area contributed by atoms with Gasteiger partial charge in [-0.3, -0.25) is 14.5 Å². The third kappa shape index (κ3) is 3.80. The van der Waals surface area contributed by atoms with Gasteiger partial charge in [-0.2, -0.15) is 0 Å². The molecule has 1 aromatic rings. The number of amides is 1. The molecule has 7 heteroatoms. The van der Waals surface area contributed by atoms with E-state index in [2.05, 4.69) is 10.2 Å². The first-order chi connectivity index (χ1) is 10.4. The Labute approximate surface area is 128 Å². The number of carboxylic acid groups (broad SMARTS) is 1. The maximum Gasteiger partial charge on any atom is 0.322 e. The molecule has 1 amide bonds. The van der Waals surface area contributed by atoms with Crippen LogP contribution in [0, 0.1) is 5.82 Å². The molecule has 1 aromatic carbocycles. The summed E-state index contributed by atoms with van der Waals surface area (Å²) in [6, 6.07) is 3.14. The van der Waals surface area contributed by atoms with Gasteiger partial charge >= 0.3 is 5.97 Å². The fourth-order valence-corrected chi connectivity index (χ4v) is 2.66. The predicted octanol–water partition coefficient (Wildman–Crippen LogP) is 0.734. The van der Waals surface area contributed by atoms with Crippen LogP contribution in [0.5, 0.6) is 0 Å². The zero-order valence-corrected chi connectivity index (χ0v) is 12.4. The number of rotatable bonds is 5. The summed E-state index contributed by atoms with van der Waals surface area (Å²) in [5.41, 5.74) is 6.26. The molecule has 1 aliphatic heterocycles. The Morgan fingerprint density at radius 2 is 2.23 bits per heavy atom. The van der Waals surface area contributed by atoms with Crippen LogP contribution < -0.4 is 11.1 Å². The summed E-state index contributed by atoms with van der Waals surface area (Å²) in [6.07, 6.45) is 1.96. The largest absolute Gasteiger partial charge is 0.480 e. The minimum absolute atomic E-state index is 0.100. The van der Waals surface area contributed by atoms with E-state index in [0.29, 0.717) is 0 Å². The number of carbonyl (C=O) groups excluding carboxylic acids is 1. The maximum atomic E-state index is 13.8. The number of nitrogens with one attached hydrogen (secondary N) is 1. The molecule has 1 unspecified atom stereocenters. The van der Waals surface area contributed by atoms with Crippen LogP contribution in [0.3, 0.4) is 0 Å². The van der Waals surface area contributed by atoms with Gasteiger partial charge in [0.1, 0.15) is 11.9 Å². The Balaban J connectivity index is 2.12. The number of likely N-dealkylation sites (tertiary alicyclic amines) is 1. The maximum absolute atomic E-state index is 13.8. The first kappa shape index (κ1) is 16.4. The van der Waals surface area contributed by atoms with Gasteiger partial charge in [0.25, 0.3) is 5.91 Å². The molecule has 0 radical (unpaired) electrons. The Hall–Kier alpha value is -1.99. The molecule has 22 heavy (non-hydrogen) atoms. The summed E-state index contributed by atoms with van der Waals surface area (Å²) >= 11 is 0. The lowest BCUT2D eigenvalue weighted by molar-refractivity contribution is -0.138. The van der Waals surface area contributed by atoms with Crippen LogP contribution in [0.4, 0.5) is 4.39 Å². The van der Waals surface area contributed by atoms with Crippen molar-refractivity contribution in [3.8, 4) is 0 Å². The molecule has 4 N–H and O–H groups in total. The van der Waals surface area contributed by atoms with Crippen LogP contribution in [0.1, 0.15) is 34.8 Å². The Morgan fingerprint density at radius 3 is 2.82 bits per heavy atom. The van der Waals surface area contributed by atoms with Crippen LogP contribution in [0.2, 0.25) is 0 Å². The third-order valence-corrected chi connectivity index (χ3v) is 3.89. The molecular formula is C15H20FN3O3. The van der Waals surface area contributed by atoms with E-state index >= 15 is 0 Å². The van der Waals surface area contributed by atoms with Crippen LogP contribution in [-0.2, 0) is 4.79 Å². The summed E-state index contributed by atoms with van der Waals surface area (Å²) in [7, 11) is 1.97. The molecule has 0 saturated carbocycles. The minimum atomic E-state index is -1.20. The number of aliphatic carboxylic acids is 1. The zero-order valence-electron chi connectivity index (χ0n) is 12.4. The predicted molar refractivity (Wildman–Crippen MR) is 78.9 cm³/mol. The van der Waals surface area contributed by atoms with E-state index < -0.39 is 23.7 Å². The van der Waals surface area contributed by atoms with Gasteiger partial charge in [0.15, 0.2) is 0 Å². The van der Waals surface area contributed by atoms with Gasteiger partial charge in [0.05, 0.1) is 0 Å². The van der Waals surface area contributed by atoms with Crippen molar-refractivity contribution < 1.29 is 19.1 Å². The van der Waals surface area contributed by atoms with Gasteiger partial charge in [0.2, 0.25) is 0 Å². The Morgan fingerprint density at radius 1 is 1.50 bits per heavy atom. The molecule has 0 aliphatic carbocycles. The van der Waals surface area contributed by atoms with E-state index in [0.717, 1.165) is 31.0 Å². The van der Waals surface area contributed by atoms with Crippen molar-refractivity contribution in [3.05, 3.63) is 35.1 Å². The number of halogens is 1. The third-order valence-electron chi connectivity index (χ3n) is 3.89. The number of nitrogens with zero attached hydrogens (tertiary/aromatic N) is 1. The first-order valence-corrected chi connectivity index (χ1v) is 7.16. The molecule has 2 rings (SSSR count). The molecular weight excluding hydrogens is 289 g/mol. The van der Waals surface area contributed by atoms with E-state index in [1.807, 2.05) is 7.05 Å². The number of nitrogens with two attached hydrogens (primary N) is 1. The molecule has 1 fully saturated rings. The molecule has 6 nitrogen and oxygen atoms in total. The standard InChI is InChI=1S/C15H20FN3O3/c1-19-4-2-3-13(19)9-5-10(7-11(16)6-9)14(20)18-8-12(17)15(21)22/h5-7,12-13H,2-4,8,17H2,1H3,(H,18,20)(H,21,22)/t12-,13?/m1/s1. The molecule has 0 aromatic heterocycles. The number of hydrogen-bond donors (Lipinski definition) is 3. The lowest BCUT2D eigenvalue weighted by atomic mass is 10.0. The van der Waals surface area contributed by atoms with Crippen LogP contribution in [-0.4, -0.2) is 48.1 Å². The average molecular weight is 309 g/mol. The van der Waals surface area contributed by atoms with Gasteiger partial charge in [-0.1, -0.05) is 0 Å². The molecule has 1 saturated heterocycles. The fourth-order valence-electron chi connectivity index (χ4n) is 2.66. The highest BCUT2D eigenvalue weighted by Gasteiger charge is 2.24. The number of hydrogen-bond acceptors (Lipinski definition) is 4. The smallest absolute Gasteiger partial charge is 0.322 e. The molecule has 1 aliphatic rings. The number of carboxylic acids is 1. The highest BCUT2D eigenvalue weighted by atomic mass is 19.1. The molecule has 120 valence electrons. The summed E-state index contributed by atoms with van der Waals surface area (Å²) in [5.74, 6) is -2.21. The normalized spacial score (nSPS) is 19.9. The topological polar surface area (TPSA) is 95.7 Å². The first-order valence-electron chi connectivity index (χ1n) is 7.16. The molecule has 2 atom stereocenters. The van der Waals surface area contributed by atoms with Gasteiger partial charge in [0, 0.05) is 18.2 Å². The van der Waals surface area contributed by atoms with E-state index in [-0.39, 0.29) is 18.2 Å². The SMILES string of the molecule is CN1CCCC1c1cc(F)cc(C(=O)NC[C@@H](N)C(=O)O)c1. The van der Waals surface area contributed by atoms with Gasteiger partial charge in [-0.15, -0.1) is 0 Å². The van der Waals surface area contributed by atoms with E-state index in [1.54, 1.807) is 6.07 Å². The quantitative estimate of drug-likeness (QED) is 0.745. The van der Waals surface area contributed by atoms with E-state index in [4.69, 9.17) is 10.8 Å². The summed E-state index contributed by atoms with van der Waals surface area (Å²) in [6.45, 7) is 0.736. The number of carbonyl (C=O) groups is 2. The van der Waals surface area contributed by atoms with Crippen molar-refractivity contribution in [2.45, 2.75) is 24.9 Å². The van der Waals surface area contributed by atoms with Crippen molar-refractivity contribution >= 4 is 11.9 Å². The monoisotopic (exact) mass is 309 g/mol. The second-order valence-corrected chi connectivity index (χ2v) is 5.57. The van der Waals surface area contributed by atoms with Crippen LogP contribution in [0.15, 0.2) is 18.2 Å².